The zero-order valence-corrected chi connectivity index (χ0v) is 10.6. The van der Waals surface area contributed by atoms with Gasteiger partial charge in [-0.3, -0.25) is 9.59 Å². The third-order valence-corrected chi connectivity index (χ3v) is 2.30. The van der Waals surface area contributed by atoms with Crippen LogP contribution in [0.25, 0.3) is 0 Å². The summed E-state index contributed by atoms with van der Waals surface area (Å²) in [4.78, 5) is 22.3. The Labute approximate surface area is 106 Å². The largest absolute Gasteiger partial charge is 0.481 e. The summed E-state index contributed by atoms with van der Waals surface area (Å²) in [5.74, 6) is -1.10. The number of rotatable bonds is 6. The van der Waals surface area contributed by atoms with E-state index in [1.165, 1.54) is 0 Å². The standard InChI is InChI=1S/C13H18N2O3/c1-9(2)14-8-12(16)15-11-6-4-3-5-10(11)7-13(17)18/h3-6,9,14H,7-8H2,1-2H3,(H,15,16)(H,17,18). The molecule has 18 heavy (non-hydrogen) atoms. The molecular weight excluding hydrogens is 232 g/mol. The molecule has 5 heteroatoms. The molecule has 0 aliphatic carbocycles. The molecule has 0 saturated carbocycles. The van der Waals surface area contributed by atoms with Crippen LogP contribution in [0, 0.1) is 0 Å². The van der Waals surface area contributed by atoms with Gasteiger partial charge in [0.2, 0.25) is 5.91 Å². The molecule has 0 aliphatic rings. The highest BCUT2D eigenvalue weighted by molar-refractivity contribution is 5.93. The van der Waals surface area contributed by atoms with Gasteiger partial charge in [0.25, 0.3) is 0 Å². The van der Waals surface area contributed by atoms with Crippen LogP contribution in [0.3, 0.4) is 0 Å². The summed E-state index contributed by atoms with van der Waals surface area (Å²) in [5, 5.41) is 14.5. The van der Waals surface area contributed by atoms with E-state index < -0.39 is 5.97 Å². The van der Waals surface area contributed by atoms with Crippen molar-refractivity contribution in [1.82, 2.24) is 5.32 Å². The number of benzene rings is 1. The number of carbonyl (C=O) groups is 2. The Balaban J connectivity index is 2.65. The van der Waals surface area contributed by atoms with Crippen LogP contribution in [0.5, 0.6) is 0 Å². The lowest BCUT2D eigenvalue weighted by Crippen LogP contribution is -2.32. The Morgan fingerprint density at radius 1 is 1.28 bits per heavy atom. The molecule has 3 N–H and O–H groups in total. The van der Waals surface area contributed by atoms with Crippen molar-refractivity contribution in [2.24, 2.45) is 0 Å². The lowest BCUT2D eigenvalue weighted by Gasteiger charge is -2.11. The third-order valence-electron chi connectivity index (χ3n) is 2.30. The van der Waals surface area contributed by atoms with E-state index in [0.717, 1.165) is 0 Å². The molecule has 0 bridgehead atoms. The van der Waals surface area contributed by atoms with E-state index in [9.17, 15) is 9.59 Å². The fraction of sp³-hybridized carbons (Fsp3) is 0.385. The first-order valence-corrected chi connectivity index (χ1v) is 5.82. The molecule has 0 aliphatic heterocycles. The Morgan fingerprint density at radius 2 is 1.94 bits per heavy atom. The van der Waals surface area contributed by atoms with Gasteiger partial charge >= 0.3 is 5.97 Å². The summed E-state index contributed by atoms with van der Waals surface area (Å²) >= 11 is 0. The Morgan fingerprint density at radius 3 is 2.56 bits per heavy atom. The molecule has 0 radical (unpaired) electrons. The highest BCUT2D eigenvalue weighted by Crippen LogP contribution is 2.15. The smallest absolute Gasteiger partial charge is 0.307 e. The van der Waals surface area contributed by atoms with Crippen LogP contribution in [-0.4, -0.2) is 29.6 Å². The fourth-order valence-corrected chi connectivity index (χ4v) is 1.45. The van der Waals surface area contributed by atoms with Gasteiger partial charge in [0.15, 0.2) is 0 Å². The first-order valence-electron chi connectivity index (χ1n) is 5.82. The normalized spacial score (nSPS) is 10.4. The van der Waals surface area contributed by atoms with Gasteiger partial charge in [-0.1, -0.05) is 32.0 Å². The average Bonchev–Trinajstić information content (AvgIpc) is 2.28. The van der Waals surface area contributed by atoms with Crippen molar-refractivity contribution in [3.05, 3.63) is 29.8 Å². The number of hydrogen-bond acceptors (Lipinski definition) is 3. The lowest BCUT2D eigenvalue weighted by atomic mass is 10.1. The number of nitrogens with one attached hydrogen (secondary N) is 2. The molecule has 0 aromatic heterocycles. The summed E-state index contributed by atoms with van der Waals surface area (Å²) in [6, 6.07) is 7.13. The Bertz CT molecular complexity index is 430. The molecule has 0 fully saturated rings. The minimum atomic E-state index is -0.919. The van der Waals surface area contributed by atoms with Crippen LogP contribution in [-0.2, 0) is 16.0 Å². The fourth-order valence-electron chi connectivity index (χ4n) is 1.45. The molecule has 1 aromatic rings. The van der Waals surface area contributed by atoms with Crippen molar-refractivity contribution in [3.63, 3.8) is 0 Å². The molecule has 0 spiro atoms. The van der Waals surface area contributed by atoms with Crippen LogP contribution in [0.1, 0.15) is 19.4 Å². The molecule has 1 aromatic carbocycles. The van der Waals surface area contributed by atoms with Crippen LogP contribution < -0.4 is 10.6 Å². The predicted octanol–water partition coefficient (Wildman–Crippen LogP) is 1.25. The maximum absolute atomic E-state index is 11.6. The van der Waals surface area contributed by atoms with Crippen LogP contribution in [0.2, 0.25) is 0 Å². The van der Waals surface area contributed by atoms with Gasteiger partial charge in [0.05, 0.1) is 13.0 Å². The minimum Gasteiger partial charge on any atom is -0.481 e. The van der Waals surface area contributed by atoms with Gasteiger partial charge in [-0.2, -0.15) is 0 Å². The number of carboxylic acids is 1. The Hall–Kier alpha value is -1.88. The van der Waals surface area contributed by atoms with Crippen molar-refractivity contribution in [1.29, 1.82) is 0 Å². The predicted molar refractivity (Wildman–Crippen MR) is 69.6 cm³/mol. The van der Waals surface area contributed by atoms with E-state index in [1.807, 2.05) is 13.8 Å². The maximum Gasteiger partial charge on any atom is 0.307 e. The number of para-hydroxylation sites is 1. The van der Waals surface area contributed by atoms with Crippen molar-refractivity contribution in [2.45, 2.75) is 26.3 Å². The molecule has 1 amide bonds. The van der Waals surface area contributed by atoms with E-state index in [2.05, 4.69) is 10.6 Å². The second-order valence-corrected chi connectivity index (χ2v) is 4.31. The molecule has 1 rings (SSSR count). The minimum absolute atomic E-state index is 0.103. The van der Waals surface area contributed by atoms with Gasteiger partial charge in [-0.15, -0.1) is 0 Å². The van der Waals surface area contributed by atoms with Gasteiger partial charge in [-0.25, -0.2) is 0 Å². The second-order valence-electron chi connectivity index (χ2n) is 4.31. The van der Waals surface area contributed by atoms with E-state index in [4.69, 9.17) is 5.11 Å². The summed E-state index contributed by atoms with van der Waals surface area (Å²) in [7, 11) is 0. The zero-order chi connectivity index (χ0) is 13.5. The first kappa shape index (κ1) is 14.2. The molecule has 5 nitrogen and oxygen atoms in total. The Kier molecular flexibility index (Phi) is 5.32. The van der Waals surface area contributed by atoms with E-state index >= 15 is 0 Å². The number of anilines is 1. The van der Waals surface area contributed by atoms with Crippen molar-refractivity contribution in [3.8, 4) is 0 Å². The number of amides is 1. The summed E-state index contributed by atoms with van der Waals surface area (Å²) in [6.07, 6.45) is -0.103. The number of aliphatic carboxylic acids is 1. The summed E-state index contributed by atoms with van der Waals surface area (Å²) in [5.41, 5.74) is 1.15. The first-order chi connectivity index (χ1) is 8.49. The number of hydrogen-bond donors (Lipinski definition) is 3. The highest BCUT2D eigenvalue weighted by atomic mass is 16.4. The number of carbonyl (C=O) groups excluding carboxylic acids is 1. The molecule has 0 unspecified atom stereocenters. The van der Waals surface area contributed by atoms with Crippen LogP contribution in [0.4, 0.5) is 5.69 Å². The summed E-state index contributed by atoms with van der Waals surface area (Å²) in [6.45, 7) is 4.11. The molecule has 0 saturated heterocycles. The lowest BCUT2D eigenvalue weighted by molar-refractivity contribution is -0.136. The number of carboxylic acid groups (broad SMARTS) is 1. The van der Waals surface area contributed by atoms with E-state index in [0.29, 0.717) is 11.3 Å². The van der Waals surface area contributed by atoms with Gasteiger partial charge in [0.1, 0.15) is 0 Å². The molecule has 98 valence electrons. The van der Waals surface area contributed by atoms with Crippen LogP contribution >= 0.6 is 0 Å². The topological polar surface area (TPSA) is 78.4 Å². The van der Waals surface area contributed by atoms with Crippen molar-refractivity contribution in [2.75, 3.05) is 11.9 Å². The zero-order valence-electron chi connectivity index (χ0n) is 10.6. The van der Waals surface area contributed by atoms with Crippen molar-refractivity contribution < 1.29 is 14.7 Å². The SMILES string of the molecule is CC(C)NCC(=O)Nc1ccccc1CC(=O)O. The third kappa shape index (κ3) is 4.97. The quantitative estimate of drug-likeness (QED) is 0.710. The highest BCUT2D eigenvalue weighted by Gasteiger charge is 2.09. The van der Waals surface area contributed by atoms with Crippen molar-refractivity contribution >= 4 is 17.6 Å². The molecule has 0 heterocycles. The van der Waals surface area contributed by atoms with Gasteiger partial charge in [-0.05, 0) is 11.6 Å². The van der Waals surface area contributed by atoms with Gasteiger partial charge < -0.3 is 15.7 Å². The average molecular weight is 250 g/mol. The van der Waals surface area contributed by atoms with Crippen LogP contribution in [0.15, 0.2) is 24.3 Å². The molecular formula is C13H18N2O3. The van der Waals surface area contributed by atoms with E-state index in [1.54, 1.807) is 24.3 Å². The molecule has 0 atom stereocenters. The summed E-state index contributed by atoms with van der Waals surface area (Å²) < 4.78 is 0. The monoisotopic (exact) mass is 250 g/mol. The second kappa shape index (κ2) is 6.76. The van der Waals surface area contributed by atoms with Gasteiger partial charge in [0, 0.05) is 11.7 Å². The van der Waals surface area contributed by atoms with E-state index in [-0.39, 0.29) is 24.9 Å². The maximum atomic E-state index is 11.6.